The second kappa shape index (κ2) is 5.93. The van der Waals surface area contributed by atoms with Crippen LogP contribution in [-0.4, -0.2) is 24.4 Å². The first-order chi connectivity index (χ1) is 8.63. The molecule has 2 N–H and O–H groups in total. The van der Waals surface area contributed by atoms with Gasteiger partial charge in [-0.25, -0.2) is 0 Å². The second-order valence-electron chi connectivity index (χ2n) is 4.98. The third kappa shape index (κ3) is 3.39. The number of anilines is 1. The van der Waals surface area contributed by atoms with Gasteiger partial charge in [0.15, 0.2) is 0 Å². The van der Waals surface area contributed by atoms with Crippen LogP contribution in [-0.2, 0) is 0 Å². The van der Waals surface area contributed by atoms with Crippen LogP contribution in [0.1, 0.15) is 32.1 Å². The van der Waals surface area contributed by atoms with Gasteiger partial charge >= 0.3 is 0 Å². The molecule has 1 aromatic rings. The molecule has 0 unspecified atom stereocenters. The molecule has 0 bridgehead atoms. The van der Waals surface area contributed by atoms with Gasteiger partial charge in [0.2, 0.25) is 0 Å². The van der Waals surface area contributed by atoms with E-state index in [1.54, 1.807) is 7.11 Å². The number of aliphatic hydroxyl groups is 1. The Hall–Kier alpha value is -0.740. The number of hydrogen-bond acceptors (Lipinski definition) is 3. The molecular weight excluding hydrogens is 294 g/mol. The highest BCUT2D eigenvalue weighted by atomic mass is 79.9. The molecular formula is C14H20BrNO2. The van der Waals surface area contributed by atoms with Gasteiger partial charge in [0.1, 0.15) is 5.75 Å². The maximum atomic E-state index is 10.4. The van der Waals surface area contributed by atoms with Crippen molar-refractivity contribution < 1.29 is 9.84 Å². The zero-order chi connectivity index (χ0) is 13.0. The molecule has 1 saturated carbocycles. The molecule has 4 heteroatoms. The van der Waals surface area contributed by atoms with Gasteiger partial charge in [0.05, 0.1) is 18.4 Å². The van der Waals surface area contributed by atoms with E-state index < -0.39 is 5.60 Å². The van der Waals surface area contributed by atoms with Crippen LogP contribution >= 0.6 is 15.9 Å². The van der Waals surface area contributed by atoms with Crippen LogP contribution < -0.4 is 10.1 Å². The van der Waals surface area contributed by atoms with Gasteiger partial charge in [-0.3, -0.25) is 0 Å². The standard InChI is InChI=1S/C14H20BrNO2/c1-18-11-5-6-12(15)13(9-11)16-10-14(17)7-3-2-4-8-14/h5-6,9,16-17H,2-4,7-8,10H2,1H3. The summed E-state index contributed by atoms with van der Waals surface area (Å²) in [4.78, 5) is 0. The third-order valence-corrected chi connectivity index (χ3v) is 4.26. The highest BCUT2D eigenvalue weighted by molar-refractivity contribution is 9.10. The lowest BCUT2D eigenvalue weighted by atomic mass is 9.85. The Labute approximate surface area is 117 Å². The van der Waals surface area contributed by atoms with Crippen molar-refractivity contribution in [1.82, 2.24) is 0 Å². The smallest absolute Gasteiger partial charge is 0.121 e. The second-order valence-corrected chi connectivity index (χ2v) is 5.84. The molecule has 0 amide bonds. The molecule has 0 spiro atoms. The Balaban J connectivity index is 2.00. The number of rotatable bonds is 4. The molecule has 0 aliphatic heterocycles. The predicted molar refractivity (Wildman–Crippen MR) is 77.2 cm³/mol. The fourth-order valence-electron chi connectivity index (χ4n) is 2.41. The van der Waals surface area contributed by atoms with E-state index >= 15 is 0 Å². The van der Waals surface area contributed by atoms with Crippen molar-refractivity contribution in [2.45, 2.75) is 37.7 Å². The summed E-state index contributed by atoms with van der Waals surface area (Å²) in [5.41, 5.74) is 0.411. The van der Waals surface area contributed by atoms with Crippen molar-refractivity contribution >= 4 is 21.6 Å². The minimum atomic E-state index is -0.555. The Morgan fingerprint density at radius 3 is 2.72 bits per heavy atom. The van der Waals surface area contributed by atoms with Crippen molar-refractivity contribution in [3.63, 3.8) is 0 Å². The van der Waals surface area contributed by atoms with E-state index in [1.165, 1.54) is 6.42 Å². The SMILES string of the molecule is COc1ccc(Br)c(NCC2(O)CCCCC2)c1. The van der Waals surface area contributed by atoms with E-state index in [-0.39, 0.29) is 0 Å². The van der Waals surface area contributed by atoms with Crippen LogP contribution in [0.3, 0.4) is 0 Å². The van der Waals surface area contributed by atoms with E-state index in [0.717, 1.165) is 41.6 Å². The van der Waals surface area contributed by atoms with Gasteiger partial charge < -0.3 is 15.2 Å². The number of ether oxygens (including phenoxy) is 1. The molecule has 0 heterocycles. The van der Waals surface area contributed by atoms with Crippen molar-refractivity contribution in [1.29, 1.82) is 0 Å². The molecule has 0 aromatic heterocycles. The Kier molecular flexibility index (Phi) is 4.51. The topological polar surface area (TPSA) is 41.5 Å². The Bertz CT molecular complexity index is 403. The number of methoxy groups -OCH3 is 1. The van der Waals surface area contributed by atoms with Crippen LogP contribution in [0.15, 0.2) is 22.7 Å². The van der Waals surface area contributed by atoms with Gasteiger partial charge in [-0.2, -0.15) is 0 Å². The van der Waals surface area contributed by atoms with E-state index in [9.17, 15) is 5.11 Å². The zero-order valence-electron chi connectivity index (χ0n) is 10.7. The van der Waals surface area contributed by atoms with E-state index in [4.69, 9.17) is 4.74 Å². The van der Waals surface area contributed by atoms with E-state index in [1.807, 2.05) is 18.2 Å². The molecule has 0 atom stereocenters. The molecule has 1 aliphatic rings. The molecule has 1 aliphatic carbocycles. The number of halogens is 1. The molecule has 18 heavy (non-hydrogen) atoms. The number of hydrogen-bond donors (Lipinski definition) is 2. The molecule has 1 aromatic carbocycles. The summed E-state index contributed by atoms with van der Waals surface area (Å²) < 4.78 is 6.19. The minimum absolute atomic E-state index is 0.555. The van der Waals surface area contributed by atoms with Gasteiger partial charge in [0, 0.05) is 17.1 Å². The van der Waals surface area contributed by atoms with Gasteiger partial charge in [-0.05, 0) is 40.9 Å². The van der Waals surface area contributed by atoms with Crippen LogP contribution in [0.4, 0.5) is 5.69 Å². The summed E-state index contributed by atoms with van der Waals surface area (Å²) in [5, 5.41) is 13.8. The van der Waals surface area contributed by atoms with Crippen molar-refractivity contribution in [2.24, 2.45) is 0 Å². The highest BCUT2D eigenvalue weighted by Gasteiger charge is 2.28. The van der Waals surface area contributed by atoms with E-state index in [0.29, 0.717) is 6.54 Å². The number of benzene rings is 1. The van der Waals surface area contributed by atoms with Crippen LogP contribution in [0, 0.1) is 0 Å². The van der Waals surface area contributed by atoms with Gasteiger partial charge in [-0.15, -0.1) is 0 Å². The lowest BCUT2D eigenvalue weighted by molar-refractivity contribution is 0.0167. The van der Waals surface area contributed by atoms with Crippen LogP contribution in [0.25, 0.3) is 0 Å². The minimum Gasteiger partial charge on any atom is -0.497 e. The Morgan fingerprint density at radius 2 is 2.06 bits per heavy atom. The molecule has 1 fully saturated rings. The third-order valence-electron chi connectivity index (χ3n) is 3.57. The fourth-order valence-corrected chi connectivity index (χ4v) is 2.80. The maximum Gasteiger partial charge on any atom is 0.121 e. The van der Waals surface area contributed by atoms with E-state index in [2.05, 4.69) is 21.2 Å². The molecule has 0 radical (unpaired) electrons. The summed E-state index contributed by atoms with van der Waals surface area (Å²) in [6.45, 7) is 0.596. The maximum absolute atomic E-state index is 10.4. The summed E-state index contributed by atoms with van der Waals surface area (Å²) in [7, 11) is 1.65. The summed E-state index contributed by atoms with van der Waals surface area (Å²) in [6, 6.07) is 5.80. The fraction of sp³-hybridized carbons (Fsp3) is 0.571. The predicted octanol–water partition coefficient (Wildman–Crippen LogP) is 3.56. The quantitative estimate of drug-likeness (QED) is 0.893. The van der Waals surface area contributed by atoms with Crippen LogP contribution in [0.2, 0.25) is 0 Å². The average molecular weight is 314 g/mol. The average Bonchev–Trinajstić information content (AvgIpc) is 2.39. The summed E-state index contributed by atoms with van der Waals surface area (Å²) >= 11 is 3.50. The lowest BCUT2D eigenvalue weighted by Gasteiger charge is -2.32. The highest BCUT2D eigenvalue weighted by Crippen LogP contribution is 2.31. The molecule has 3 nitrogen and oxygen atoms in total. The van der Waals surface area contributed by atoms with Gasteiger partial charge in [0.25, 0.3) is 0 Å². The number of nitrogens with one attached hydrogen (secondary N) is 1. The largest absolute Gasteiger partial charge is 0.497 e. The first kappa shape index (κ1) is 13.7. The molecule has 0 saturated heterocycles. The van der Waals surface area contributed by atoms with Crippen molar-refractivity contribution in [3.8, 4) is 5.75 Å². The van der Waals surface area contributed by atoms with Crippen molar-refractivity contribution in [3.05, 3.63) is 22.7 Å². The van der Waals surface area contributed by atoms with Crippen LogP contribution in [0.5, 0.6) is 5.75 Å². The molecule has 2 rings (SSSR count). The summed E-state index contributed by atoms with van der Waals surface area (Å²) in [6.07, 6.45) is 5.27. The summed E-state index contributed by atoms with van der Waals surface area (Å²) in [5.74, 6) is 0.816. The Morgan fingerprint density at radius 1 is 1.33 bits per heavy atom. The van der Waals surface area contributed by atoms with Crippen molar-refractivity contribution in [2.75, 3.05) is 19.0 Å². The first-order valence-electron chi connectivity index (χ1n) is 6.43. The lowest BCUT2D eigenvalue weighted by Crippen LogP contribution is -2.38. The first-order valence-corrected chi connectivity index (χ1v) is 7.22. The van der Waals surface area contributed by atoms with Gasteiger partial charge in [-0.1, -0.05) is 19.3 Å². The molecule has 100 valence electrons. The monoisotopic (exact) mass is 313 g/mol. The normalized spacial score (nSPS) is 18.4. The zero-order valence-corrected chi connectivity index (χ0v) is 12.3.